The summed E-state index contributed by atoms with van der Waals surface area (Å²) in [5.74, 6) is -2.63. The lowest BCUT2D eigenvalue weighted by Gasteiger charge is -2.36. The van der Waals surface area contributed by atoms with Gasteiger partial charge in [0.15, 0.2) is 0 Å². The normalized spacial score (nSPS) is 19.0. The molecule has 1 aliphatic rings. The third-order valence-electron chi connectivity index (χ3n) is 5.37. The van der Waals surface area contributed by atoms with Crippen LogP contribution in [-0.4, -0.2) is 86.6 Å². The van der Waals surface area contributed by atoms with Crippen molar-refractivity contribution < 1.29 is 65.1 Å². The second-order valence-electron chi connectivity index (χ2n) is 8.27. The van der Waals surface area contributed by atoms with Gasteiger partial charge in [-0.25, -0.2) is 9.59 Å². The summed E-state index contributed by atoms with van der Waals surface area (Å²) in [6.07, 6.45) is 1.16. The predicted octanol–water partition coefficient (Wildman–Crippen LogP) is 2.73. The molecule has 0 aliphatic heterocycles. The van der Waals surface area contributed by atoms with Crippen molar-refractivity contribution in [1.82, 2.24) is 0 Å². The molecule has 10 nitrogen and oxygen atoms in total. The van der Waals surface area contributed by atoms with Gasteiger partial charge in [0.25, 0.3) is 0 Å². The highest BCUT2D eigenvalue weighted by molar-refractivity contribution is 5.80. The number of carbonyl (C=O) groups is 3. The highest BCUT2D eigenvalue weighted by Gasteiger charge is 2.40. The summed E-state index contributed by atoms with van der Waals surface area (Å²) < 4.78 is 79.8. The summed E-state index contributed by atoms with van der Waals surface area (Å²) in [7, 11) is 0. The van der Waals surface area contributed by atoms with Crippen molar-refractivity contribution in [3.05, 3.63) is 0 Å². The molecule has 1 fully saturated rings. The quantitative estimate of drug-likeness (QED) is 0.137. The van der Waals surface area contributed by atoms with Crippen molar-refractivity contribution in [3.63, 3.8) is 0 Å². The number of carboxylic acids is 2. The molecule has 0 radical (unpaired) electrons. The van der Waals surface area contributed by atoms with E-state index in [1.54, 1.807) is 0 Å². The Labute approximate surface area is 222 Å². The van der Waals surface area contributed by atoms with E-state index in [1.165, 1.54) is 0 Å². The van der Waals surface area contributed by atoms with Crippen LogP contribution < -0.4 is 11.5 Å². The fourth-order valence-corrected chi connectivity index (χ4v) is 3.20. The minimum Gasteiger partial charge on any atom is -0.475 e. The van der Waals surface area contributed by atoms with Crippen molar-refractivity contribution in [2.24, 2.45) is 22.8 Å². The number of halogens is 6. The van der Waals surface area contributed by atoms with E-state index < -0.39 is 29.7 Å². The van der Waals surface area contributed by atoms with Crippen molar-refractivity contribution in [1.29, 1.82) is 0 Å². The zero-order valence-corrected chi connectivity index (χ0v) is 21.3. The van der Waals surface area contributed by atoms with E-state index >= 15 is 0 Å². The SMILES string of the molecule is C#CC1CCC(CCCOCCOCCOCCCN)(C(N)=O)CC1.O=C(O)C(F)(F)F.O=C(O)C(F)(F)F. The standard InChI is InChI=1S/C19H34N2O4.2C2HF3O2/c1-2-17-5-8-19(9-6-17,18(21)22)7-3-11-23-13-15-25-16-14-24-12-4-10-20;2*3-2(4,5)1(6)7/h1,17H,3-16,20H2,(H2,21,22);2*(H,6,7). The number of carbonyl (C=O) groups excluding carboxylic acids is 1. The van der Waals surface area contributed by atoms with Gasteiger partial charge >= 0.3 is 24.3 Å². The molecule has 228 valence electrons. The van der Waals surface area contributed by atoms with E-state index in [9.17, 15) is 31.1 Å². The zero-order valence-electron chi connectivity index (χ0n) is 21.3. The van der Waals surface area contributed by atoms with Crippen LogP contribution in [0, 0.1) is 23.7 Å². The molecule has 6 N–H and O–H groups in total. The summed E-state index contributed by atoms with van der Waals surface area (Å²) in [4.78, 5) is 29.7. The molecule has 1 aliphatic carbocycles. The van der Waals surface area contributed by atoms with Crippen LogP contribution in [0.3, 0.4) is 0 Å². The molecular weight excluding hydrogens is 546 g/mol. The number of terminal acetylenes is 1. The fourth-order valence-electron chi connectivity index (χ4n) is 3.20. The largest absolute Gasteiger partial charge is 0.490 e. The smallest absolute Gasteiger partial charge is 0.475 e. The summed E-state index contributed by atoms with van der Waals surface area (Å²) in [6.45, 7) is 4.19. The number of hydrogen-bond donors (Lipinski definition) is 4. The number of rotatable bonds is 14. The van der Waals surface area contributed by atoms with Gasteiger partial charge in [-0.15, -0.1) is 12.3 Å². The number of hydrogen-bond acceptors (Lipinski definition) is 7. The second kappa shape index (κ2) is 20.3. The number of primary amides is 1. The molecule has 39 heavy (non-hydrogen) atoms. The number of nitrogens with two attached hydrogens (primary N) is 2. The molecule has 0 unspecified atom stereocenters. The first-order valence-corrected chi connectivity index (χ1v) is 11.8. The molecule has 0 atom stereocenters. The summed E-state index contributed by atoms with van der Waals surface area (Å²) in [5.41, 5.74) is 10.6. The van der Waals surface area contributed by atoms with E-state index in [1.807, 2.05) is 0 Å². The highest BCUT2D eigenvalue weighted by Crippen LogP contribution is 2.42. The van der Waals surface area contributed by atoms with Gasteiger partial charge in [-0.05, 0) is 51.5 Å². The molecule has 0 spiro atoms. The molecule has 1 saturated carbocycles. The van der Waals surface area contributed by atoms with Crippen LogP contribution >= 0.6 is 0 Å². The number of carboxylic acid groups (broad SMARTS) is 2. The Morgan fingerprint density at radius 1 is 0.821 bits per heavy atom. The molecule has 0 bridgehead atoms. The first-order valence-electron chi connectivity index (χ1n) is 11.8. The van der Waals surface area contributed by atoms with Crippen LogP contribution in [-0.2, 0) is 28.6 Å². The van der Waals surface area contributed by atoms with Gasteiger partial charge in [-0.3, -0.25) is 4.79 Å². The van der Waals surface area contributed by atoms with E-state index in [2.05, 4.69) is 5.92 Å². The maximum absolute atomic E-state index is 11.9. The molecule has 0 saturated heterocycles. The lowest BCUT2D eigenvalue weighted by atomic mass is 9.68. The minimum atomic E-state index is -5.08. The van der Waals surface area contributed by atoms with Crippen molar-refractivity contribution in [2.45, 2.75) is 57.3 Å². The van der Waals surface area contributed by atoms with Crippen molar-refractivity contribution in [2.75, 3.05) is 46.2 Å². The maximum Gasteiger partial charge on any atom is 0.490 e. The van der Waals surface area contributed by atoms with Crippen LogP contribution in [0.4, 0.5) is 26.3 Å². The van der Waals surface area contributed by atoms with Gasteiger partial charge in [0.05, 0.1) is 26.4 Å². The second-order valence-corrected chi connectivity index (χ2v) is 8.27. The van der Waals surface area contributed by atoms with Crippen molar-refractivity contribution >= 4 is 17.8 Å². The Kier molecular flexibility index (Phi) is 20.1. The average molecular weight is 583 g/mol. The summed E-state index contributed by atoms with van der Waals surface area (Å²) in [5, 5.41) is 14.2. The maximum atomic E-state index is 11.9. The Bertz CT molecular complexity index is 724. The van der Waals surface area contributed by atoms with Gasteiger partial charge in [0.2, 0.25) is 5.91 Å². The van der Waals surface area contributed by atoms with Crippen LogP contribution in [0.2, 0.25) is 0 Å². The van der Waals surface area contributed by atoms with E-state index in [0.717, 1.165) is 44.9 Å². The number of aliphatic carboxylic acids is 2. The molecule has 0 aromatic heterocycles. The highest BCUT2D eigenvalue weighted by atomic mass is 19.4. The first kappa shape index (κ1) is 38.5. The van der Waals surface area contributed by atoms with Gasteiger partial charge in [0.1, 0.15) is 0 Å². The Morgan fingerprint density at radius 2 is 1.18 bits per heavy atom. The molecular formula is C23H36F6N2O8. The number of alkyl halides is 6. The average Bonchev–Trinajstić information content (AvgIpc) is 2.84. The minimum absolute atomic E-state index is 0.194. The fraction of sp³-hybridized carbons (Fsp3) is 0.783. The van der Waals surface area contributed by atoms with E-state index in [0.29, 0.717) is 52.1 Å². The van der Waals surface area contributed by atoms with Gasteiger partial charge < -0.3 is 35.9 Å². The molecule has 0 aromatic rings. The number of amides is 1. The van der Waals surface area contributed by atoms with E-state index in [4.69, 9.17) is 51.9 Å². The molecule has 0 heterocycles. The molecule has 1 rings (SSSR count). The zero-order chi connectivity index (χ0) is 30.5. The third-order valence-corrected chi connectivity index (χ3v) is 5.37. The van der Waals surface area contributed by atoms with Crippen LogP contribution in [0.15, 0.2) is 0 Å². The Hall–Kier alpha value is -2.61. The lowest BCUT2D eigenvalue weighted by molar-refractivity contribution is -0.193. The molecule has 0 aromatic carbocycles. The predicted molar refractivity (Wildman–Crippen MR) is 125 cm³/mol. The monoisotopic (exact) mass is 582 g/mol. The Balaban J connectivity index is 0. The number of ether oxygens (including phenoxy) is 3. The van der Waals surface area contributed by atoms with Gasteiger partial charge in [-0.1, -0.05) is 0 Å². The third kappa shape index (κ3) is 20.0. The summed E-state index contributed by atoms with van der Waals surface area (Å²) in [6, 6.07) is 0. The first-order chi connectivity index (χ1) is 18.0. The molecule has 16 heteroatoms. The topological polar surface area (TPSA) is 171 Å². The van der Waals surface area contributed by atoms with Gasteiger partial charge in [-0.2, -0.15) is 26.3 Å². The van der Waals surface area contributed by atoms with Crippen LogP contribution in [0.1, 0.15) is 44.9 Å². The summed E-state index contributed by atoms with van der Waals surface area (Å²) >= 11 is 0. The van der Waals surface area contributed by atoms with Gasteiger partial charge in [0, 0.05) is 24.5 Å². The van der Waals surface area contributed by atoms with Crippen LogP contribution in [0.5, 0.6) is 0 Å². The molecule has 1 amide bonds. The Morgan fingerprint density at radius 3 is 1.49 bits per heavy atom. The van der Waals surface area contributed by atoms with Crippen LogP contribution in [0.25, 0.3) is 0 Å². The van der Waals surface area contributed by atoms with E-state index in [-0.39, 0.29) is 5.91 Å². The lowest BCUT2D eigenvalue weighted by Crippen LogP contribution is -2.40. The van der Waals surface area contributed by atoms with Crippen molar-refractivity contribution in [3.8, 4) is 12.3 Å².